The highest BCUT2D eigenvalue weighted by atomic mass is 28.4. The van der Waals surface area contributed by atoms with Gasteiger partial charge in [0, 0.05) is 26.9 Å². The molecule has 2 atom stereocenters. The van der Waals surface area contributed by atoms with Gasteiger partial charge >= 0.3 is 8.80 Å². The Morgan fingerprint density at radius 2 is 1.53 bits per heavy atom. The summed E-state index contributed by atoms with van der Waals surface area (Å²) in [5, 5.41) is 0. The molecule has 1 aliphatic carbocycles. The van der Waals surface area contributed by atoms with E-state index in [1.165, 1.54) is 12.0 Å². The second-order valence-electron chi connectivity index (χ2n) is 4.42. The summed E-state index contributed by atoms with van der Waals surface area (Å²) < 4.78 is 16.8. The standard InChI is InChI=1S/C13H20O3Si/c1-14-17(15-2,16-3)13-10-9-12(13)11-7-5-4-6-8-11/h4-8,12-13H,9-10H2,1-3H3. The molecule has 0 amide bonds. The number of rotatable bonds is 5. The summed E-state index contributed by atoms with van der Waals surface area (Å²) in [6.45, 7) is 0. The van der Waals surface area contributed by atoms with Gasteiger partial charge in [-0.3, -0.25) is 0 Å². The van der Waals surface area contributed by atoms with E-state index in [0.717, 1.165) is 6.42 Å². The highest BCUT2D eigenvalue weighted by molar-refractivity contribution is 6.62. The maximum atomic E-state index is 5.59. The molecular weight excluding hydrogens is 232 g/mol. The maximum absolute atomic E-state index is 5.59. The molecule has 94 valence electrons. The van der Waals surface area contributed by atoms with Crippen LogP contribution in [0.5, 0.6) is 0 Å². The molecule has 0 saturated heterocycles. The van der Waals surface area contributed by atoms with Crippen molar-refractivity contribution in [3.05, 3.63) is 35.9 Å². The molecule has 0 radical (unpaired) electrons. The molecule has 1 fully saturated rings. The van der Waals surface area contributed by atoms with Gasteiger partial charge in [0.1, 0.15) is 0 Å². The number of hydrogen-bond acceptors (Lipinski definition) is 3. The fourth-order valence-electron chi connectivity index (χ4n) is 2.73. The molecule has 0 aliphatic heterocycles. The minimum Gasteiger partial charge on any atom is -0.377 e. The quantitative estimate of drug-likeness (QED) is 0.754. The van der Waals surface area contributed by atoms with Crippen LogP contribution in [0.1, 0.15) is 24.3 Å². The fraction of sp³-hybridized carbons (Fsp3) is 0.538. The molecule has 0 aromatic heterocycles. The topological polar surface area (TPSA) is 27.7 Å². The van der Waals surface area contributed by atoms with Crippen LogP contribution in [0, 0.1) is 0 Å². The first-order valence-electron chi connectivity index (χ1n) is 5.97. The summed E-state index contributed by atoms with van der Waals surface area (Å²) in [4.78, 5) is 0. The van der Waals surface area contributed by atoms with E-state index in [0.29, 0.717) is 11.5 Å². The van der Waals surface area contributed by atoms with E-state index in [-0.39, 0.29) is 0 Å². The Kier molecular flexibility index (Phi) is 3.99. The van der Waals surface area contributed by atoms with Crippen LogP contribution >= 0.6 is 0 Å². The summed E-state index contributed by atoms with van der Waals surface area (Å²) >= 11 is 0. The normalized spacial score (nSPS) is 24.4. The van der Waals surface area contributed by atoms with Crippen molar-refractivity contribution in [2.45, 2.75) is 24.3 Å². The third-order valence-electron chi connectivity index (χ3n) is 3.81. The Balaban J connectivity index is 2.18. The van der Waals surface area contributed by atoms with Crippen molar-refractivity contribution in [3.8, 4) is 0 Å². The average Bonchev–Trinajstić information content (AvgIpc) is 2.36. The average molecular weight is 252 g/mol. The van der Waals surface area contributed by atoms with Crippen LogP contribution in [0.2, 0.25) is 5.54 Å². The van der Waals surface area contributed by atoms with E-state index in [2.05, 4.69) is 24.3 Å². The lowest BCUT2D eigenvalue weighted by atomic mass is 9.79. The molecule has 0 heterocycles. The van der Waals surface area contributed by atoms with Gasteiger partial charge in [0.15, 0.2) is 0 Å². The molecular formula is C13H20O3Si. The van der Waals surface area contributed by atoms with E-state index < -0.39 is 8.80 Å². The number of hydrogen-bond donors (Lipinski definition) is 0. The van der Waals surface area contributed by atoms with Crippen LogP contribution < -0.4 is 0 Å². The Labute approximate surface area is 104 Å². The molecule has 0 spiro atoms. The minimum atomic E-state index is -2.48. The summed E-state index contributed by atoms with van der Waals surface area (Å²) in [7, 11) is 2.60. The lowest BCUT2D eigenvalue weighted by Crippen LogP contribution is -2.52. The van der Waals surface area contributed by atoms with E-state index in [4.69, 9.17) is 13.3 Å². The van der Waals surface area contributed by atoms with Crippen molar-refractivity contribution in [2.24, 2.45) is 0 Å². The molecule has 1 aromatic rings. The van der Waals surface area contributed by atoms with Crippen molar-refractivity contribution in [2.75, 3.05) is 21.3 Å². The van der Waals surface area contributed by atoms with Crippen molar-refractivity contribution in [3.63, 3.8) is 0 Å². The zero-order valence-electron chi connectivity index (χ0n) is 10.7. The van der Waals surface area contributed by atoms with Crippen molar-refractivity contribution >= 4 is 8.80 Å². The zero-order valence-corrected chi connectivity index (χ0v) is 11.7. The molecule has 1 aliphatic rings. The summed E-state index contributed by atoms with van der Waals surface area (Å²) in [5.74, 6) is 0.516. The van der Waals surface area contributed by atoms with Gasteiger partial charge in [-0.05, 0) is 24.3 Å². The van der Waals surface area contributed by atoms with Crippen LogP contribution in [0.25, 0.3) is 0 Å². The van der Waals surface area contributed by atoms with Gasteiger partial charge in [0.05, 0.1) is 0 Å². The van der Waals surface area contributed by atoms with E-state index >= 15 is 0 Å². The molecule has 2 rings (SSSR count). The summed E-state index contributed by atoms with van der Waals surface area (Å²) in [5.41, 5.74) is 1.76. The molecule has 1 saturated carbocycles. The van der Waals surface area contributed by atoms with Gasteiger partial charge in [0.25, 0.3) is 0 Å². The first-order chi connectivity index (χ1) is 8.27. The van der Waals surface area contributed by atoms with Crippen molar-refractivity contribution in [1.29, 1.82) is 0 Å². The first-order valence-corrected chi connectivity index (χ1v) is 7.78. The van der Waals surface area contributed by atoms with Crippen LogP contribution in [0.4, 0.5) is 0 Å². The van der Waals surface area contributed by atoms with Gasteiger partial charge in [-0.1, -0.05) is 30.3 Å². The molecule has 4 heteroatoms. The molecule has 0 bridgehead atoms. The third kappa shape index (κ3) is 2.18. The van der Waals surface area contributed by atoms with Crippen LogP contribution in [-0.2, 0) is 13.3 Å². The van der Waals surface area contributed by atoms with Crippen LogP contribution in [-0.4, -0.2) is 30.1 Å². The highest BCUT2D eigenvalue weighted by Crippen LogP contribution is 2.52. The van der Waals surface area contributed by atoms with Gasteiger partial charge < -0.3 is 13.3 Å². The van der Waals surface area contributed by atoms with E-state index in [1.54, 1.807) is 21.3 Å². The second-order valence-corrected chi connectivity index (χ2v) is 7.59. The highest BCUT2D eigenvalue weighted by Gasteiger charge is 2.55. The third-order valence-corrected chi connectivity index (χ3v) is 7.12. The maximum Gasteiger partial charge on any atom is 0.504 e. The predicted molar refractivity (Wildman–Crippen MR) is 68.9 cm³/mol. The van der Waals surface area contributed by atoms with Crippen LogP contribution in [0.3, 0.4) is 0 Å². The Bertz CT molecular complexity index is 343. The molecule has 2 unspecified atom stereocenters. The molecule has 17 heavy (non-hydrogen) atoms. The first kappa shape index (κ1) is 12.8. The van der Waals surface area contributed by atoms with Crippen molar-refractivity contribution in [1.82, 2.24) is 0 Å². The molecule has 0 N–H and O–H groups in total. The smallest absolute Gasteiger partial charge is 0.377 e. The SMILES string of the molecule is CO[Si](OC)(OC)C1CCC1c1ccccc1. The monoisotopic (exact) mass is 252 g/mol. The van der Waals surface area contributed by atoms with Crippen molar-refractivity contribution < 1.29 is 13.3 Å². The Morgan fingerprint density at radius 1 is 0.941 bits per heavy atom. The largest absolute Gasteiger partial charge is 0.504 e. The van der Waals surface area contributed by atoms with Gasteiger partial charge in [-0.2, -0.15) is 0 Å². The lowest BCUT2D eigenvalue weighted by molar-refractivity contribution is 0.0915. The summed E-state index contributed by atoms with van der Waals surface area (Å²) in [6, 6.07) is 10.6. The lowest BCUT2D eigenvalue weighted by Gasteiger charge is -2.44. The van der Waals surface area contributed by atoms with E-state index in [1.807, 2.05) is 6.07 Å². The minimum absolute atomic E-state index is 0.393. The Morgan fingerprint density at radius 3 is 1.94 bits per heavy atom. The number of benzene rings is 1. The fourth-order valence-corrected chi connectivity index (χ4v) is 5.51. The van der Waals surface area contributed by atoms with Crippen LogP contribution in [0.15, 0.2) is 30.3 Å². The molecule has 3 nitrogen and oxygen atoms in total. The summed E-state index contributed by atoms with van der Waals surface area (Å²) in [6.07, 6.45) is 2.32. The Hall–Kier alpha value is -0.683. The van der Waals surface area contributed by atoms with Gasteiger partial charge in [0.2, 0.25) is 0 Å². The van der Waals surface area contributed by atoms with E-state index in [9.17, 15) is 0 Å². The zero-order chi connectivity index (χ0) is 12.3. The predicted octanol–water partition coefficient (Wildman–Crippen LogP) is 2.81. The molecule has 1 aromatic carbocycles. The van der Waals surface area contributed by atoms with Gasteiger partial charge in [-0.15, -0.1) is 0 Å². The second kappa shape index (κ2) is 5.31. The van der Waals surface area contributed by atoms with Gasteiger partial charge in [-0.25, -0.2) is 0 Å².